The van der Waals surface area contributed by atoms with E-state index in [-0.39, 0.29) is 0 Å². The fourth-order valence-electron chi connectivity index (χ4n) is 3.11. The molecule has 0 spiro atoms. The Bertz CT molecular complexity index is 1280. The molecule has 5 heteroatoms. The molecule has 0 saturated heterocycles. The molecular formula is C26H17ClN2O2. The fourth-order valence-corrected chi connectivity index (χ4v) is 3.30. The number of nitrogens with zero attached hydrogens (tertiary/aromatic N) is 2. The molecule has 0 amide bonds. The molecule has 1 heterocycles. The molecule has 31 heavy (non-hydrogen) atoms. The third-order valence-corrected chi connectivity index (χ3v) is 4.88. The topological polar surface area (TPSA) is 55.0 Å². The summed E-state index contributed by atoms with van der Waals surface area (Å²) in [6.07, 6.45) is 5.60. The molecule has 0 aliphatic heterocycles. The lowest BCUT2D eigenvalue weighted by atomic mass is 10.0. The van der Waals surface area contributed by atoms with E-state index in [0.717, 1.165) is 16.8 Å². The molecule has 4 nitrogen and oxygen atoms in total. The summed E-state index contributed by atoms with van der Waals surface area (Å²) in [6, 6.07) is 27.4. The maximum absolute atomic E-state index is 12.5. The number of carbonyl (C=O) groups excluding carboxylic acids is 1. The van der Waals surface area contributed by atoms with Gasteiger partial charge in [-0.1, -0.05) is 35.9 Å². The minimum absolute atomic E-state index is 0.400. The zero-order valence-electron chi connectivity index (χ0n) is 16.4. The predicted molar refractivity (Wildman–Crippen MR) is 122 cm³/mol. The van der Waals surface area contributed by atoms with Crippen LogP contribution in [0, 0.1) is 11.3 Å². The second-order valence-corrected chi connectivity index (χ2v) is 7.22. The Balaban J connectivity index is 1.52. The first-order valence-electron chi connectivity index (χ1n) is 9.56. The van der Waals surface area contributed by atoms with E-state index in [4.69, 9.17) is 16.3 Å². The largest absolute Gasteiger partial charge is 0.423 e. The average Bonchev–Trinajstić information content (AvgIpc) is 3.33. The van der Waals surface area contributed by atoms with E-state index in [2.05, 4.69) is 6.07 Å². The Hall–Kier alpha value is -4.07. The first-order valence-corrected chi connectivity index (χ1v) is 9.93. The quantitative estimate of drug-likeness (QED) is 0.161. The highest BCUT2D eigenvalue weighted by atomic mass is 35.5. The van der Waals surface area contributed by atoms with E-state index in [1.807, 2.05) is 53.4 Å². The van der Waals surface area contributed by atoms with Crippen molar-refractivity contribution in [2.24, 2.45) is 0 Å². The number of hydrogen-bond acceptors (Lipinski definition) is 3. The van der Waals surface area contributed by atoms with Crippen molar-refractivity contribution >= 4 is 29.2 Å². The Labute approximate surface area is 185 Å². The number of carbonyl (C=O) groups is 1. The van der Waals surface area contributed by atoms with Crippen LogP contribution in [0.4, 0.5) is 0 Å². The minimum Gasteiger partial charge on any atom is -0.423 e. The number of aromatic nitrogens is 1. The monoisotopic (exact) mass is 424 g/mol. The highest BCUT2D eigenvalue weighted by molar-refractivity contribution is 6.30. The van der Waals surface area contributed by atoms with Gasteiger partial charge >= 0.3 is 5.97 Å². The van der Waals surface area contributed by atoms with Gasteiger partial charge in [-0.15, -0.1) is 0 Å². The molecule has 0 N–H and O–H groups in total. The third kappa shape index (κ3) is 4.92. The Morgan fingerprint density at radius 3 is 2.35 bits per heavy atom. The number of esters is 1. The lowest BCUT2D eigenvalue weighted by Gasteiger charge is -2.07. The van der Waals surface area contributed by atoms with Gasteiger partial charge in [-0.2, -0.15) is 5.26 Å². The van der Waals surface area contributed by atoms with Crippen LogP contribution in [0.3, 0.4) is 0 Å². The number of ether oxygens (including phenoxy) is 1. The van der Waals surface area contributed by atoms with Gasteiger partial charge in [0.1, 0.15) is 5.75 Å². The summed E-state index contributed by atoms with van der Waals surface area (Å²) in [7, 11) is 0. The van der Waals surface area contributed by atoms with Crippen LogP contribution in [-0.2, 0) is 0 Å². The van der Waals surface area contributed by atoms with Crippen LogP contribution < -0.4 is 4.74 Å². The maximum Gasteiger partial charge on any atom is 0.343 e. The second kappa shape index (κ2) is 9.17. The second-order valence-electron chi connectivity index (χ2n) is 6.78. The Morgan fingerprint density at radius 2 is 1.65 bits per heavy atom. The van der Waals surface area contributed by atoms with E-state index >= 15 is 0 Å². The maximum atomic E-state index is 12.5. The number of hydrogen-bond donors (Lipinski definition) is 0. The van der Waals surface area contributed by atoms with Crippen molar-refractivity contribution < 1.29 is 9.53 Å². The number of nitriles is 1. The molecule has 4 rings (SSSR count). The van der Waals surface area contributed by atoms with E-state index in [1.165, 1.54) is 0 Å². The predicted octanol–water partition coefficient (Wildman–Crippen LogP) is 6.41. The van der Waals surface area contributed by atoms with Gasteiger partial charge < -0.3 is 9.30 Å². The van der Waals surface area contributed by atoms with Crippen molar-refractivity contribution in [1.29, 1.82) is 5.26 Å². The van der Waals surface area contributed by atoms with Crippen LogP contribution in [0.15, 0.2) is 97.3 Å². The van der Waals surface area contributed by atoms with Crippen LogP contribution in [0.2, 0.25) is 5.02 Å². The van der Waals surface area contributed by atoms with Crippen molar-refractivity contribution in [3.63, 3.8) is 0 Å². The minimum atomic E-state index is -0.449. The summed E-state index contributed by atoms with van der Waals surface area (Å²) in [6.45, 7) is 0. The molecule has 0 unspecified atom stereocenters. The number of rotatable bonds is 5. The summed E-state index contributed by atoms with van der Waals surface area (Å²) in [5.74, 6) is -0.0489. The number of halogens is 1. The first-order chi connectivity index (χ1) is 15.1. The lowest BCUT2D eigenvalue weighted by Crippen LogP contribution is -2.08. The molecule has 0 saturated carbocycles. The summed E-state index contributed by atoms with van der Waals surface area (Å²) in [5, 5.41) is 10.1. The van der Waals surface area contributed by atoms with Crippen LogP contribution in [0.25, 0.3) is 17.3 Å². The van der Waals surface area contributed by atoms with E-state index < -0.39 is 5.97 Å². The van der Waals surface area contributed by atoms with Gasteiger partial charge in [0.2, 0.25) is 0 Å². The molecule has 1 aromatic heterocycles. The highest BCUT2D eigenvalue weighted by Crippen LogP contribution is 2.23. The molecule has 0 fully saturated rings. The summed E-state index contributed by atoms with van der Waals surface area (Å²) in [4.78, 5) is 12.5. The zero-order valence-corrected chi connectivity index (χ0v) is 17.2. The van der Waals surface area contributed by atoms with Crippen molar-refractivity contribution in [2.45, 2.75) is 0 Å². The van der Waals surface area contributed by atoms with Gasteiger partial charge in [0.05, 0.1) is 17.2 Å². The molecule has 4 aromatic rings. The molecule has 0 radical (unpaired) electrons. The van der Waals surface area contributed by atoms with Gasteiger partial charge in [-0.25, -0.2) is 4.79 Å². The summed E-state index contributed by atoms with van der Waals surface area (Å²) < 4.78 is 7.49. The van der Waals surface area contributed by atoms with Crippen molar-refractivity contribution in [1.82, 2.24) is 4.57 Å². The van der Waals surface area contributed by atoms with Gasteiger partial charge in [0, 0.05) is 23.1 Å². The zero-order chi connectivity index (χ0) is 21.6. The average molecular weight is 425 g/mol. The van der Waals surface area contributed by atoms with E-state index in [9.17, 15) is 10.1 Å². The van der Waals surface area contributed by atoms with Gasteiger partial charge in [0.15, 0.2) is 0 Å². The molecule has 0 aliphatic carbocycles. The van der Waals surface area contributed by atoms with E-state index in [0.29, 0.717) is 21.9 Å². The van der Waals surface area contributed by atoms with Gasteiger partial charge in [0.25, 0.3) is 0 Å². The SMILES string of the molecule is N#C/C(=C/c1cccc(OC(=O)c2ccc(-n3cccc3)cc2)c1)c1cccc(Cl)c1. The Morgan fingerprint density at radius 1 is 0.903 bits per heavy atom. The molecule has 3 aromatic carbocycles. The first kappa shape index (κ1) is 20.2. The molecule has 150 valence electrons. The molecular weight excluding hydrogens is 408 g/mol. The van der Waals surface area contributed by atoms with Gasteiger partial charge in [-0.3, -0.25) is 0 Å². The van der Waals surface area contributed by atoms with Crippen molar-refractivity contribution in [3.8, 4) is 17.5 Å². The fraction of sp³-hybridized carbons (Fsp3) is 0. The van der Waals surface area contributed by atoms with Crippen LogP contribution in [0.5, 0.6) is 5.75 Å². The standard InChI is InChI=1S/C26H17ClN2O2/c27-23-7-4-6-21(17-23)22(18-28)15-19-5-3-8-25(16-19)31-26(30)20-9-11-24(12-10-20)29-13-1-2-14-29/h1-17H/b22-15-. The van der Waals surface area contributed by atoms with Crippen molar-refractivity contribution in [2.75, 3.05) is 0 Å². The number of benzene rings is 3. The highest BCUT2D eigenvalue weighted by Gasteiger charge is 2.10. The summed E-state index contributed by atoms with van der Waals surface area (Å²) in [5.41, 5.74) is 3.34. The molecule has 0 bridgehead atoms. The van der Waals surface area contributed by atoms with Crippen LogP contribution in [-0.4, -0.2) is 10.5 Å². The van der Waals surface area contributed by atoms with Crippen LogP contribution in [0.1, 0.15) is 21.5 Å². The smallest absolute Gasteiger partial charge is 0.343 e. The van der Waals surface area contributed by atoms with Gasteiger partial charge in [-0.05, 0) is 77.9 Å². The molecule has 0 atom stereocenters. The Kier molecular flexibility index (Phi) is 5.98. The normalized spacial score (nSPS) is 11.0. The van der Waals surface area contributed by atoms with E-state index in [1.54, 1.807) is 54.6 Å². The third-order valence-electron chi connectivity index (χ3n) is 4.64. The lowest BCUT2D eigenvalue weighted by molar-refractivity contribution is 0.0735. The molecule has 0 aliphatic rings. The van der Waals surface area contributed by atoms with Crippen LogP contribution >= 0.6 is 11.6 Å². The van der Waals surface area contributed by atoms with Crippen molar-refractivity contribution in [3.05, 3.63) is 119 Å². The summed E-state index contributed by atoms with van der Waals surface area (Å²) >= 11 is 6.03. The number of allylic oxidation sites excluding steroid dienone is 1.